The second-order valence-corrected chi connectivity index (χ2v) is 8.86. The smallest absolute Gasteiger partial charge is 0.0836 e. The molecule has 0 heterocycles. The van der Waals surface area contributed by atoms with Gasteiger partial charge in [-0.15, -0.1) is 0 Å². The van der Waals surface area contributed by atoms with Crippen LogP contribution in [0.1, 0.15) is 13.8 Å². The van der Waals surface area contributed by atoms with Crippen LogP contribution < -0.4 is 11.5 Å². The van der Waals surface area contributed by atoms with E-state index < -0.39 is 8.07 Å². The van der Waals surface area contributed by atoms with Crippen molar-refractivity contribution >= 4 is 8.07 Å². The maximum Gasteiger partial charge on any atom is 0.0836 e. The molecule has 0 radical (unpaired) electrons. The Morgan fingerprint density at radius 3 is 1.22 bits per heavy atom. The van der Waals surface area contributed by atoms with E-state index in [1.807, 2.05) is 0 Å². The van der Waals surface area contributed by atoms with E-state index in [1.54, 1.807) is 0 Å². The summed E-state index contributed by atoms with van der Waals surface area (Å²) in [5, 5.41) is 0. The van der Waals surface area contributed by atoms with Crippen molar-refractivity contribution in [3.8, 4) is 0 Å². The molecule has 0 saturated carbocycles. The monoisotopic (exact) mass is 146 g/mol. The molecule has 0 saturated heterocycles. The summed E-state index contributed by atoms with van der Waals surface area (Å²) in [4.78, 5) is 0. The average Bonchev–Trinajstić information content (AvgIpc) is 1.65. The molecule has 0 aliphatic heterocycles. The van der Waals surface area contributed by atoms with Crippen molar-refractivity contribution in [2.75, 3.05) is 0 Å². The zero-order chi connectivity index (χ0) is 7.65. The van der Waals surface area contributed by atoms with Gasteiger partial charge in [0.2, 0.25) is 0 Å². The molecule has 0 aromatic rings. The summed E-state index contributed by atoms with van der Waals surface area (Å²) in [6, 6.07) is 0. The molecular formula is C6H18N2Si. The predicted molar refractivity (Wildman–Crippen MR) is 44.8 cm³/mol. The standard InChI is InChI=1S/C6H18N2Si/c1-5(7)9(3,4)6(2)8/h5-6H,7-8H2,1-4H3. The zero-order valence-electron chi connectivity index (χ0n) is 6.81. The maximum absolute atomic E-state index is 5.75. The van der Waals surface area contributed by atoms with Crippen LogP contribution in [0.4, 0.5) is 0 Å². The highest BCUT2D eigenvalue weighted by Crippen LogP contribution is 2.08. The second-order valence-electron chi connectivity index (χ2n) is 3.40. The molecule has 0 aliphatic rings. The lowest BCUT2D eigenvalue weighted by Gasteiger charge is -2.30. The van der Waals surface area contributed by atoms with Crippen LogP contribution in [0.25, 0.3) is 0 Å². The molecule has 0 aromatic carbocycles. The first-order valence-corrected chi connectivity index (χ1v) is 6.55. The topological polar surface area (TPSA) is 52.0 Å². The third-order valence-corrected chi connectivity index (χ3v) is 7.04. The van der Waals surface area contributed by atoms with Crippen LogP contribution in [0.2, 0.25) is 13.1 Å². The fourth-order valence-corrected chi connectivity index (χ4v) is 1.24. The number of rotatable bonds is 2. The molecule has 56 valence electrons. The summed E-state index contributed by atoms with van der Waals surface area (Å²) in [6.45, 7) is 8.55. The van der Waals surface area contributed by atoms with Gasteiger partial charge in [0.15, 0.2) is 0 Å². The Labute approximate surface area is 58.6 Å². The van der Waals surface area contributed by atoms with Gasteiger partial charge in [-0.25, -0.2) is 0 Å². The Morgan fingerprint density at radius 1 is 1.00 bits per heavy atom. The van der Waals surface area contributed by atoms with Crippen LogP contribution in [-0.2, 0) is 0 Å². The van der Waals surface area contributed by atoms with E-state index in [0.717, 1.165) is 0 Å². The van der Waals surface area contributed by atoms with Crippen molar-refractivity contribution in [1.82, 2.24) is 0 Å². The summed E-state index contributed by atoms with van der Waals surface area (Å²) in [7, 11) is -1.30. The van der Waals surface area contributed by atoms with E-state index in [1.165, 1.54) is 0 Å². The first-order valence-electron chi connectivity index (χ1n) is 3.40. The van der Waals surface area contributed by atoms with E-state index in [2.05, 4.69) is 26.9 Å². The summed E-state index contributed by atoms with van der Waals surface area (Å²) in [5.74, 6) is 0. The Hall–Kier alpha value is 0.137. The van der Waals surface area contributed by atoms with Gasteiger partial charge in [0.25, 0.3) is 0 Å². The minimum Gasteiger partial charge on any atom is -0.330 e. The van der Waals surface area contributed by atoms with Crippen LogP contribution in [0, 0.1) is 0 Å². The molecule has 0 amide bonds. The molecule has 4 N–H and O–H groups in total. The van der Waals surface area contributed by atoms with Gasteiger partial charge in [-0.2, -0.15) is 0 Å². The maximum atomic E-state index is 5.75. The summed E-state index contributed by atoms with van der Waals surface area (Å²) in [5.41, 5.74) is 12.1. The Kier molecular flexibility index (Phi) is 2.86. The van der Waals surface area contributed by atoms with Crippen molar-refractivity contribution in [2.45, 2.75) is 38.3 Å². The first-order chi connectivity index (χ1) is 3.89. The van der Waals surface area contributed by atoms with Crippen molar-refractivity contribution in [2.24, 2.45) is 11.5 Å². The van der Waals surface area contributed by atoms with E-state index >= 15 is 0 Å². The summed E-state index contributed by atoms with van der Waals surface area (Å²) < 4.78 is 0. The van der Waals surface area contributed by atoms with Gasteiger partial charge in [-0.1, -0.05) is 26.9 Å². The SMILES string of the molecule is CC(N)[Si](C)(C)C(C)N. The largest absolute Gasteiger partial charge is 0.330 e. The normalized spacial score (nSPS) is 19.3. The fourth-order valence-electron chi connectivity index (χ4n) is 0.415. The molecule has 2 nitrogen and oxygen atoms in total. The molecule has 3 heteroatoms. The van der Waals surface area contributed by atoms with Crippen LogP contribution in [0.15, 0.2) is 0 Å². The van der Waals surface area contributed by atoms with E-state index in [0.29, 0.717) is 11.3 Å². The first kappa shape index (κ1) is 9.14. The molecule has 0 aromatic heterocycles. The average molecular weight is 146 g/mol. The van der Waals surface area contributed by atoms with Gasteiger partial charge in [-0.05, 0) is 11.3 Å². The highest BCUT2D eigenvalue weighted by molar-refractivity contribution is 6.80. The molecule has 2 unspecified atom stereocenters. The molecule has 0 rings (SSSR count). The van der Waals surface area contributed by atoms with E-state index in [-0.39, 0.29) is 0 Å². The minimum absolute atomic E-state index is 0.303. The van der Waals surface area contributed by atoms with Gasteiger partial charge in [-0.3, -0.25) is 0 Å². The van der Waals surface area contributed by atoms with E-state index in [4.69, 9.17) is 11.5 Å². The highest BCUT2D eigenvalue weighted by atomic mass is 28.3. The fraction of sp³-hybridized carbons (Fsp3) is 1.00. The zero-order valence-corrected chi connectivity index (χ0v) is 7.81. The summed E-state index contributed by atoms with van der Waals surface area (Å²) in [6.07, 6.45) is 0. The van der Waals surface area contributed by atoms with Gasteiger partial charge in [0.1, 0.15) is 0 Å². The quantitative estimate of drug-likeness (QED) is 0.556. The lowest BCUT2D eigenvalue weighted by molar-refractivity contribution is 0.872. The van der Waals surface area contributed by atoms with Gasteiger partial charge in [0, 0.05) is 0 Å². The Morgan fingerprint density at radius 2 is 1.22 bits per heavy atom. The minimum atomic E-state index is -1.30. The molecule has 0 aliphatic carbocycles. The molecular weight excluding hydrogens is 128 g/mol. The van der Waals surface area contributed by atoms with E-state index in [9.17, 15) is 0 Å². The van der Waals surface area contributed by atoms with Gasteiger partial charge < -0.3 is 11.5 Å². The molecule has 0 fully saturated rings. The lowest BCUT2D eigenvalue weighted by Crippen LogP contribution is -2.57. The molecule has 2 atom stereocenters. The van der Waals surface area contributed by atoms with Crippen LogP contribution >= 0.6 is 0 Å². The molecule has 0 spiro atoms. The Balaban J connectivity index is 4.01. The lowest BCUT2D eigenvalue weighted by atomic mass is 10.8. The van der Waals surface area contributed by atoms with Crippen LogP contribution in [0.3, 0.4) is 0 Å². The van der Waals surface area contributed by atoms with Crippen molar-refractivity contribution < 1.29 is 0 Å². The summed E-state index contributed by atoms with van der Waals surface area (Å²) >= 11 is 0. The van der Waals surface area contributed by atoms with Gasteiger partial charge in [0.05, 0.1) is 8.07 Å². The Bertz CT molecular complexity index is 79.1. The number of nitrogens with two attached hydrogens (primary N) is 2. The number of hydrogen-bond acceptors (Lipinski definition) is 2. The second kappa shape index (κ2) is 2.81. The third-order valence-electron chi connectivity index (χ3n) is 2.35. The van der Waals surface area contributed by atoms with Gasteiger partial charge >= 0.3 is 0 Å². The number of hydrogen-bond donors (Lipinski definition) is 2. The molecule has 9 heavy (non-hydrogen) atoms. The third kappa shape index (κ3) is 2.08. The molecule has 0 bridgehead atoms. The van der Waals surface area contributed by atoms with Crippen LogP contribution in [-0.4, -0.2) is 19.4 Å². The predicted octanol–water partition coefficient (Wildman–Crippen LogP) is 0.468. The van der Waals surface area contributed by atoms with Crippen molar-refractivity contribution in [3.63, 3.8) is 0 Å². The van der Waals surface area contributed by atoms with Crippen molar-refractivity contribution in [1.29, 1.82) is 0 Å². The van der Waals surface area contributed by atoms with Crippen molar-refractivity contribution in [3.05, 3.63) is 0 Å². The van der Waals surface area contributed by atoms with Crippen LogP contribution in [0.5, 0.6) is 0 Å². The highest BCUT2D eigenvalue weighted by Gasteiger charge is 2.29.